The predicted molar refractivity (Wildman–Crippen MR) is 87.9 cm³/mol. The second-order valence-corrected chi connectivity index (χ2v) is 7.31. The van der Waals surface area contributed by atoms with Gasteiger partial charge in [-0.3, -0.25) is 0 Å². The summed E-state index contributed by atoms with van der Waals surface area (Å²) in [4.78, 5) is 0. The summed E-state index contributed by atoms with van der Waals surface area (Å²) in [6, 6.07) is 8.25. The van der Waals surface area contributed by atoms with Crippen LogP contribution in [0.4, 0.5) is 5.69 Å². The minimum absolute atomic E-state index is 0.444. The zero-order valence-corrected chi connectivity index (χ0v) is 14.3. The third-order valence-electron chi connectivity index (χ3n) is 4.25. The molecule has 1 aliphatic carbocycles. The average molecular weight is 356 g/mol. The van der Waals surface area contributed by atoms with Gasteiger partial charge in [0, 0.05) is 10.2 Å². The molecule has 1 N–H and O–H groups in total. The van der Waals surface area contributed by atoms with Crippen LogP contribution in [0.15, 0.2) is 22.7 Å². The van der Waals surface area contributed by atoms with Crippen LogP contribution in [-0.4, -0.2) is 5.54 Å². The van der Waals surface area contributed by atoms with Crippen LogP contribution in [0.25, 0.3) is 0 Å². The second kappa shape index (κ2) is 6.37. The van der Waals surface area contributed by atoms with Crippen LogP contribution in [0, 0.1) is 23.2 Å². The molecule has 108 valence electrons. The molecule has 0 heterocycles. The number of hydrogen-bond acceptors (Lipinski definition) is 2. The second-order valence-electron chi connectivity index (χ2n) is 6.05. The molecule has 1 aliphatic rings. The van der Waals surface area contributed by atoms with E-state index in [4.69, 9.17) is 11.6 Å². The van der Waals surface area contributed by atoms with Crippen molar-refractivity contribution in [2.24, 2.45) is 11.8 Å². The number of nitrogens with one attached hydrogen (secondary N) is 1. The van der Waals surface area contributed by atoms with Gasteiger partial charge in [0.1, 0.15) is 5.54 Å². The summed E-state index contributed by atoms with van der Waals surface area (Å²) in [7, 11) is 0. The van der Waals surface area contributed by atoms with Gasteiger partial charge in [-0.05, 0) is 71.6 Å². The van der Waals surface area contributed by atoms with E-state index in [9.17, 15) is 5.26 Å². The fraction of sp³-hybridized carbons (Fsp3) is 0.562. The van der Waals surface area contributed by atoms with E-state index >= 15 is 0 Å². The summed E-state index contributed by atoms with van der Waals surface area (Å²) in [6.07, 6.45) is 4.17. The monoisotopic (exact) mass is 354 g/mol. The molecule has 2 unspecified atom stereocenters. The molecule has 0 amide bonds. The number of nitrogens with zero attached hydrogens (tertiary/aromatic N) is 1. The van der Waals surface area contributed by atoms with E-state index in [1.54, 1.807) is 0 Å². The van der Waals surface area contributed by atoms with Crippen LogP contribution in [0.1, 0.15) is 39.5 Å². The molecule has 4 heteroatoms. The molecule has 0 radical (unpaired) electrons. The first-order valence-electron chi connectivity index (χ1n) is 7.10. The van der Waals surface area contributed by atoms with Crippen molar-refractivity contribution in [3.05, 3.63) is 27.7 Å². The van der Waals surface area contributed by atoms with E-state index < -0.39 is 5.54 Å². The highest BCUT2D eigenvalue weighted by atomic mass is 79.9. The van der Waals surface area contributed by atoms with Crippen molar-refractivity contribution in [1.29, 1.82) is 5.26 Å². The first kappa shape index (κ1) is 15.7. The molecule has 2 atom stereocenters. The molecule has 1 aromatic rings. The maximum absolute atomic E-state index is 9.68. The minimum atomic E-state index is -0.444. The number of benzene rings is 1. The molecule has 20 heavy (non-hydrogen) atoms. The maximum atomic E-state index is 9.68. The van der Waals surface area contributed by atoms with Gasteiger partial charge in [0.15, 0.2) is 0 Å². The molecule has 1 aromatic carbocycles. The van der Waals surface area contributed by atoms with Gasteiger partial charge in [-0.2, -0.15) is 5.26 Å². The molecule has 0 spiro atoms. The van der Waals surface area contributed by atoms with Crippen LogP contribution in [0.5, 0.6) is 0 Å². The zero-order chi connectivity index (χ0) is 14.8. The Morgan fingerprint density at radius 3 is 2.85 bits per heavy atom. The Morgan fingerprint density at radius 1 is 1.50 bits per heavy atom. The topological polar surface area (TPSA) is 35.8 Å². The number of halogens is 2. The smallest absolute Gasteiger partial charge is 0.125 e. The average Bonchev–Trinajstić information content (AvgIpc) is 2.43. The largest absolute Gasteiger partial charge is 0.367 e. The molecule has 0 aliphatic heterocycles. The van der Waals surface area contributed by atoms with Crippen molar-refractivity contribution < 1.29 is 0 Å². The lowest BCUT2D eigenvalue weighted by molar-refractivity contribution is 0.232. The third kappa shape index (κ3) is 3.48. The van der Waals surface area contributed by atoms with Gasteiger partial charge in [0.05, 0.1) is 11.1 Å². The van der Waals surface area contributed by atoms with Gasteiger partial charge in [0.25, 0.3) is 0 Å². The molecular weight excluding hydrogens is 336 g/mol. The molecule has 0 aromatic heterocycles. The molecule has 2 nitrogen and oxygen atoms in total. The first-order valence-corrected chi connectivity index (χ1v) is 8.27. The van der Waals surface area contributed by atoms with Crippen LogP contribution >= 0.6 is 27.5 Å². The van der Waals surface area contributed by atoms with Crippen molar-refractivity contribution >= 4 is 33.2 Å². The zero-order valence-electron chi connectivity index (χ0n) is 11.9. The van der Waals surface area contributed by atoms with Gasteiger partial charge in [-0.25, -0.2) is 0 Å². The summed E-state index contributed by atoms with van der Waals surface area (Å²) in [6.45, 7) is 4.49. The van der Waals surface area contributed by atoms with E-state index in [-0.39, 0.29) is 0 Å². The summed E-state index contributed by atoms with van der Waals surface area (Å²) >= 11 is 9.45. The highest BCUT2D eigenvalue weighted by Crippen LogP contribution is 2.38. The SMILES string of the molecule is CC(C)C1CCCC(C#N)(Nc2ccc(Cl)c(Br)c2)C1. The van der Waals surface area contributed by atoms with Crippen molar-refractivity contribution in [3.8, 4) is 6.07 Å². The lowest BCUT2D eigenvalue weighted by Gasteiger charge is -2.38. The standard InChI is InChI=1S/C16H20BrClN2/c1-11(2)12-4-3-7-16(9-12,10-19)20-13-5-6-15(18)14(17)8-13/h5-6,8,11-12,20H,3-4,7,9H2,1-2H3. The fourth-order valence-electron chi connectivity index (χ4n) is 2.98. The highest BCUT2D eigenvalue weighted by molar-refractivity contribution is 9.10. The Labute approximate surface area is 134 Å². The maximum Gasteiger partial charge on any atom is 0.125 e. The lowest BCUT2D eigenvalue weighted by Crippen LogP contribution is -2.42. The number of nitriles is 1. The molecule has 1 saturated carbocycles. The van der Waals surface area contributed by atoms with Crippen LogP contribution in [0.3, 0.4) is 0 Å². The van der Waals surface area contributed by atoms with Crippen LogP contribution in [0.2, 0.25) is 5.02 Å². The van der Waals surface area contributed by atoms with E-state index in [1.165, 1.54) is 6.42 Å². The van der Waals surface area contributed by atoms with E-state index in [2.05, 4.69) is 41.2 Å². The fourth-order valence-corrected chi connectivity index (χ4v) is 3.48. The van der Waals surface area contributed by atoms with Gasteiger partial charge in [-0.15, -0.1) is 0 Å². The third-order valence-corrected chi connectivity index (χ3v) is 5.46. The molecule has 1 fully saturated rings. The van der Waals surface area contributed by atoms with Gasteiger partial charge >= 0.3 is 0 Å². The van der Waals surface area contributed by atoms with E-state index in [0.717, 1.165) is 29.4 Å². The quantitative estimate of drug-likeness (QED) is 0.763. The number of anilines is 1. The van der Waals surface area contributed by atoms with E-state index in [1.807, 2.05) is 18.2 Å². The number of rotatable bonds is 3. The Hall–Kier alpha value is -0.720. The normalized spacial score (nSPS) is 26.3. The predicted octanol–water partition coefficient (Wildman–Crippen LogP) is 5.62. The Kier molecular flexibility index (Phi) is 4.99. The molecule has 0 bridgehead atoms. The van der Waals surface area contributed by atoms with E-state index in [0.29, 0.717) is 16.9 Å². The minimum Gasteiger partial charge on any atom is -0.367 e. The highest BCUT2D eigenvalue weighted by Gasteiger charge is 2.37. The molecular formula is C16H20BrClN2. The summed E-state index contributed by atoms with van der Waals surface area (Å²) in [5.74, 6) is 1.24. The van der Waals surface area contributed by atoms with Crippen molar-refractivity contribution in [3.63, 3.8) is 0 Å². The van der Waals surface area contributed by atoms with Crippen molar-refractivity contribution in [2.75, 3.05) is 5.32 Å². The number of hydrogen-bond donors (Lipinski definition) is 1. The van der Waals surface area contributed by atoms with Crippen LogP contribution in [-0.2, 0) is 0 Å². The van der Waals surface area contributed by atoms with Crippen LogP contribution < -0.4 is 5.32 Å². The van der Waals surface area contributed by atoms with Gasteiger partial charge in [-0.1, -0.05) is 25.4 Å². The Balaban J connectivity index is 2.19. The summed E-state index contributed by atoms with van der Waals surface area (Å²) < 4.78 is 0.855. The van der Waals surface area contributed by atoms with Gasteiger partial charge < -0.3 is 5.32 Å². The first-order chi connectivity index (χ1) is 9.46. The Morgan fingerprint density at radius 2 is 2.25 bits per heavy atom. The summed E-state index contributed by atoms with van der Waals surface area (Å²) in [5.41, 5.74) is 0.507. The van der Waals surface area contributed by atoms with Crippen molar-refractivity contribution in [1.82, 2.24) is 0 Å². The Bertz CT molecular complexity index is 524. The van der Waals surface area contributed by atoms with Gasteiger partial charge in [0.2, 0.25) is 0 Å². The molecule has 2 rings (SSSR count). The van der Waals surface area contributed by atoms with Crippen molar-refractivity contribution in [2.45, 2.75) is 45.1 Å². The molecule has 0 saturated heterocycles. The summed E-state index contributed by atoms with van der Waals surface area (Å²) in [5, 5.41) is 13.8. The lowest BCUT2D eigenvalue weighted by atomic mass is 9.72.